The molecule has 0 N–H and O–H groups in total. The molecule has 0 aromatic heterocycles. The van der Waals surface area contributed by atoms with Gasteiger partial charge >= 0.3 is 0 Å². The van der Waals surface area contributed by atoms with Crippen molar-refractivity contribution in [1.82, 2.24) is 0 Å². The zero-order valence-electron chi connectivity index (χ0n) is 11.2. The monoisotopic (exact) mass is 242 g/mol. The van der Waals surface area contributed by atoms with Gasteiger partial charge in [0.25, 0.3) is 0 Å². The zero-order valence-corrected chi connectivity index (χ0v) is 11.2. The minimum absolute atomic E-state index is 0.490. The molecular weight excluding hydrogens is 223 g/mol. The van der Waals surface area contributed by atoms with E-state index in [1.165, 1.54) is 22.3 Å². The summed E-state index contributed by atoms with van der Waals surface area (Å²) in [5, 5.41) is 0. The summed E-state index contributed by atoms with van der Waals surface area (Å²) in [6.07, 6.45) is 5.20. The van der Waals surface area contributed by atoms with E-state index in [2.05, 4.69) is 45.0 Å². The second-order valence-corrected chi connectivity index (χ2v) is 4.84. The van der Waals surface area contributed by atoms with Crippen LogP contribution < -0.4 is 0 Å². The quantitative estimate of drug-likeness (QED) is 0.683. The summed E-state index contributed by atoms with van der Waals surface area (Å²) in [5.74, 6) is 0. The fourth-order valence-corrected chi connectivity index (χ4v) is 2.28. The van der Waals surface area contributed by atoms with Gasteiger partial charge in [-0.3, -0.25) is 0 Å². The largest absolute Gasteiger partial charge is 0.243 e. The third kappa shape index (κ3) is 2.61. The molecule has 1 heteroatoms. The highest BCUT2D eigenvalue weighted by molar-refractivity contribution is 5.73. The Morgan fingerprint density at radius 1 is 1.17 bits per heavy atom. The fourth-order valence-electron chi connectivity index (χ4n) is 2.28. The third-order valence-electron chi connectivity index (χ3n) is 3.59. The maximum absolute atomic E-state index is 13.1. The lowest BCUT2D eigenvalue weighted by atomic mass is 9.91. The van der Waals surface area contributed by atoms with E-state index in [0.29, 0.717) is 6.42 Å². The van der Waals surface area contributed by atoms with E-state index in [4.69, 9.17) is 0 Å². The normalized spacial score (nSPS) is 20.4. The van der Waals surface area contributed by atoms with E-state index in [1.54, 1.807) is 6.08 Å². The molecule has 0 fully saturated rings. The van der Waals surface area contributed by atoms with E-state index >= 15 is 0 Å². The van der Waals surface area contributed by atoms with Gasteiger partial charge in [0, 0.05) is 6.42 Å². The van der Waals surface area contributed by atoms with Gasteiger partial charge in [0.2, 0.25) is 0 Å². The van der Waals surface area contributed by atoms with Crippen LogP contribution in [-0.4, -0.2) is 6.17 Å². The minimum atomic E-state index is -0.819. The SMILES string of the molecule is C/C(C1=CCC(F)C=C1)=C(/C)c1ccccc1C. The first-order chi connectivity index (χ1) is 8.59. The zero-order chi connectivity index (χ0) is 13.1. The van der Waals surface area contributed by atoms with Crippen molar-refractivity contribution in [2.24, 2.45) is 0 Å². The second kappa shape index (κ2) is 5.34. The van der Waals surface area contributed by atoms with Gasteiger partial charge in [-0.2, -0.15) is 0 Å². The lowest BCUT2D eigenvalue weighted by molar-refractivity contribution is 0.401. The Hall–Kier alpha value is -1.63. The summed E-state index contributed by atoms with van der Waals surface area (Å²) in [7, 11) is 0. The number of hydrogen-bond acceptors (Lipinski definition) is 0. The number of rotatable bonds is 2. The van der Waals surface area contributed by atoms with E-state index in [1.807, 2.05) is 12.2 Å². The minimum Gasteiger partial charge on any atom is -0.243 e. The molecule has 0 saturated heterocycles. The summed E-state index contributed by atoms with van der Waals surface area (Å²) in [5.41, 5.74) is 6.18. The van der Waals surface area contributed by atoms with Crippen molar-refractivity contribution in [2.45, 2.75) is 33.4 Å². The van der Waals surface area contributed by atoms with Crippen LogP contribution >= 0.6 is 0 Å². The first kappa shape index (κ1) is 12.8. The lowest BCUT2D eigenvalue weighted by Gasteiger charge is -2.15. The van der Waals surface area contributed by atoms with Crippen LogP contribution in [0, 0.1) is 6.92 Å². The standard InChI is InChI=1S/C17H19F/c1-12-6-4-5-7-17(12)14(3)13(2)15-8-10-16(18)11-9-15/h4-10,16H,11H2,1-3H3/b14-13+. The number of allylic oxidation sites excluding steroid dienone is 6. The first-order valence-electron chi connectivity index (χ1n) is 6.36. The van der Waals surface area contributed by atoms with Crippen LogP contribution in [0.25, 0.3) is 5.57 Å². The van der Waals surface area contributed by atoms with Gasteiger partial charge in [0.1, 0.15) is 6.17 Å². The van der Waals surface area contributed by atoms with Crippen molar-refractivity contribution in [1.29, 1.82) is 0 Å². The number of benzene rings is 1. The molecule has 0 bridgehead atoms. The van der Waals surface area contributed by atoms with Gasteiger partial charge < -0.3 is 0 Å². The molecule has 1 aliphatic rings. The molecule has 18 heavy (non-hydrogen) atoms. The second-order valence-electron chi connectivity index (χ2n) is 4.84. The van der Waals surface area contributed by atoms with Crippen molar-refractivity contribution in [3.63, 3.8) is 0 Å². The van der Waals surface area contributed by atoms with Crippen LogP contribution in [0.1, 0.15) is 31.4 Å². The Kier molecular flexibility index (Phi) is 3.81. The van der Waals surface area contributed by atoms with E-state index in [0.717, 1.165) is 5.57 Å². The molecule has 0 spiro atoms. The molecule has 0 amide bonds. The summed E-state index contributed by atoms with van der Waals surface area (Å²) in [6, 6.07) is 8.37. The third-order valence-corrected chi connectivity index (χ3v) is 3.59. The van der Waals surface area contributed by atoms with Gasteiger partial charge in [-0.25, -0.2) is 4.39 Å². The molecule has 1 atom stereocenters. The molecule has 0 aliphatic heterocycles. The Bertz CT molecular complexity index is 532. The topological polar surface area (TPSA) is 0 Å². The van der Waals surface area contributed by atoms with Gasteiger partial charge in [-0.1, -0.05) is 36.4 Å². The predicted molar refractivity (Wildman–Crippen MR) is 76.2 cm³/mol. The Morgan fingerprint density at radius 2 is 1.89 bits per heavy atom. The smallest absolute Gasteiger partial charge is 0.122 e. The number of hydrogen-bond donors (Lipinski definition) is 0. The fraction of sp³-hybridized carbons (Fsp3) is 0.294. The molecule has 1 aliphatic carbocycles. The summed E-state index contributed by atoms with van der Waals surface area (Å²) >= 11 is 0. The first-order valence-corrected chi connectivity index (χ1v) is 6.36. The van der Waals surface area contributed by atoms with Crippen LogP contribution in [-0.2, 0) is 0 Å². The van der Waals surface area contributed by atoms with Gasteiger partial charge in [0.05, 0.1) is 0 Å². The highest BCUT2D eigenvalue weighted by Crippen LogP contribution is 2.28. The van der Waals surface area contributed by atoms with Crippen molar-refractivity contribution in [3.05, 3.63) is 64.8 Å². The highest BCUT2D eigenvalue weighted by Gasteiger charge is 2.10. The van der Waals surface area contributed by atoms with E-state index < -0.39 is 6.17 Å². The van der Waals surface area contributed by atoms with Crippen molar-refractivity contribution in [2.75, 3.05) is 0 Å². The molecule has 1 aromatic carbocycles. The highest BCUT2D eigenvalue weighted by atomic mass is 19.1. The molecule has 1 unspecified atom stereocenters. The van der Waals surface area contributed by atoms with Crippen LogP contribution in [0.5, 0.6) is 0 Å². The molecule has 0 saturated carbocycles. The summed E-state index contributed by atoms with van der Waals surface area (Å²) in [4.78, 5) is 0. The van der Waals surface area contributed by atoms with Crippen molar-refractivity contribution in [3.8, 4) is 0 Å². The average molecular weight is 242 g/mol. The Balaban J connectivity index is 2.37. The molecule has 0 heterocycles. The van der Waals surface area contributed by atoms with E-state index in [9.17, 15) is 4.39 Å². The molecule has 2 rings (SSSR count). The van der Waals surface area contributed by atoms with E-state index in [-0.39, 0.29) is 0 Å². The maximum atomic E-state index is 13.1. The molecule has 1 aromatic rings. The number of halogens is 1. The Morgan fingerprint density at radius 3 is 2.50 bits per heavy atom. The van der Waals surface area contributed by atoms with Gasteiger partial charge in [-0.05, 0) is 54.7 Å². The molecule has 0 nitrogen and oxygen atoms in total. The molecule has 94 valence electrons. The molecular formula is C17H19F. The number of alkyl halides is 1. The van der Waals surface area contributed by atoms with Crippen molar-refractivity contribution < 1.29 is 4.39 Å². The van der Waals surface area contributed by atoms with Crippen molar-refractivity contribution >= 4 is 5.57 Å². The molecule has 0 radical (unpaired) electrons. The van der Waals surface area contributed by atoms with Crippen LogP contribution in [0.15, 0.2) is 53.6 Å². The average Bonchev–Trinajstić information content (AvgIpc) is 2.38. The van der Waals surface area contributed by atoms with Gasteiger partial charge in [-0.15, -0.1) is 0 Å². The summed E-state index contributed by atoms with van der Waals surface area (Å²) in [6.45, 7) is 6.36. The maximum Gasteiger partial charge on any atom is 0.122 e. The van der Waals surface area contributed by atoms with Gasteiger partial charge in [0.15, 0.2) is 0 Å². The summed E-state index contributed by atoms with van der Waals surface area (Å²) < 4.78 is 13.1. The predicted octanol–water partition coefficient (Wildman–Crippen LogP) is 5.01. The van der Waals surface area contributed by atoms with Crippen LogP contribution in [0.2, 0.25) is 0 Å². The van der Waals surface area contributed by atoms with Crippen LogP contribution in [0.4, 0.5) is 4.39 Å². The van der Waals surface area contributed by atoms with Crippen LogP contribution in [0.3, 0.4) is 0 Å². The number of aryl methyl sites for hydroxylation is 1. The Labute approximate surface area is 109 Å². The lowest BCUT2D eigenvalue weighted by Crippen LogP contribution is -2.00.